The molecule has 0 aliphatic heterocycles. The summed E-state index contributed by atoms with van der Waals surface area (Å²) in [6.07, 6.45) is 2.72. The molecule has 0 bridgehead atoms. The van der Waals surface area contributed by atoms with Crippen LogP contribution >= 0.6 is 0 Å². The van der Waals surface area contributed by atoms with Crippen LogP contribution in [0.1, 0.15) is 27.0 Å². The quantitative estimate of drug-likeness (QED) is 0.0247. The van der Waals surface area contributed by atoms with E-state index in [0.717, 1.165) is 30.4 Å². The van der Waals surface area contributed by atoms with Crippen LogP contribution in [0.25, 0.3) is 23.3 Å². The van der Waals surface area contributed by atoms with E-state index in [4.69, 9.17) is 5.73 Å². The third-order valence-corrected chi connectivity index (χ3v) is 11.7. The van der Waals surface area contributed by atoms with Gasteiger partial charge in [-0.3, -0.25) is 38.7 Å². The van der Waals surface area contributed by atoms with Crippen LogP contribution in [0.15, 0.2) is 96.5 Å². The van der Waals surface area contributed by atoms with Gasteiger partial charge < -0.3 is 15.9 Å². The number of benzene rings is 4. The zero-order valence-corrected chi connectivity index (χ0v) is 45.6. The normalized spacial score (nSPS) is 14.4. The monoisotopic (exact) mass is 1080 g/mol. The van der Waals surface area contributed by atoms with Crippen molar-refractivity contribution in [3.05, 3.63) is 93.9 Å². The third kappa shape index (κ3) is 13.5. The summed E-state index contributed by atoms with van der Waals surface area (Å²) in [5.41, 5.74) is 7.66. The molecule has 21 nitrogen and oxygen atoms in total. The first-order chi connectivity index (χ1) is 26.4. The van der Waals surface area contributed by atoms with Crippen molar-refractivity contribution in [2.75, 3.05) is 16.6 Å². The maximum absolute atomic E-state index is 13.3. The number of hydrogen-bond donors (Lipinski definition) is 9. The molecule has 6 rings (SSSR count). The largest absolute Gasteiger partial charge is 1.00 e. The maximum atomic E-state index is 13.3. The molecule has 4 aromatic carbocycles. The van der Waals surface area contributed by atoms with Gasteiger partial charge in [-0.05, 0) is 71.3 Å². The van der Waals surface area contributed by atoms with Crippen LogP contribution in [0.2, 0.25) is 0 Å². The molecule has 0 heterocycles. The minimum atomic E-state index is -5.17. The van der Waals surface area contributed by atoms with Crippen molar-refractivity contribution in [2.24, 2.45) is 10.2 Å². The molecule has 0 fully saturated rings. The number of Topliss-reactive ketones (excluding diaryl/α,β-unsaturated/α-hetero) is 2. The Balaban J connectivity index is 0.00000641. The molecule has 318 valence electrons. The van der Waals surface area contributed by atoms with Gasteiger partial charge in [0.15, 0.2) is 0 Å². The summed E-state index contributed by atoms with van der Waals surface area (Å²) in [6, 6.07) is 11.1. The Morgan fingerprint density at radius 2 is 1.08 bits per heavy atom. The van der Waals surface area contributed by atoms with E-state index in [1.165, 1.54) is 36.4 Å². The number of anilines is 3. The number of carbonyl (C=O) groups is 2. The van der Waals surface area contributed by atoms with Gasteiger partial charge in [-0.15, -0.1) is 0 Å². The van der Waals surface area contributed by atoms with Gasteiger partial charge in [0.05, 0.1) is 27.5 Å². The zero-order chi connectivity index (χ0) is 42.0. The number of rotatable bonds is 9. The van der Waals surface area contributed by atoms with E-state index >= 15 is 0 Å². The molecule has 63 heavy (non-hydrogen) atoms. The third-order valence-electron chi connectivity index (χ3n) is 8.25. The van der Waals surface area contributed by atoms with Crippen molar-refractivity contribution >= 4 is 92.7 Å². The summed E-state index contributed by atoms with van der Waals surface area (Å²) in [6.45, 7) is 0. The number of nitrogen functional groups attached to an aromatic ring is 1. The Morgan fingerprint density at radius 3 is 1.54 bits per heavy atom. The topological polar surface area (TPSA) is 367 Å². The number of fused-ring (bicyclic) bond motifs is 2. The Morgan fingerprint density at radius 1 is 0.571 bits per heavy atom. The Bertz CT molecular complexity index is 3120. The van der Waals surface area contributed by atoms with Crippen molar-refractivity contribution in [3.8, 4) is 22.6 Å². The predicted octanol–water partition coefficient (Wildman–Crippen LogP) is -9.60. The number of hydrogen-bond acceptors (Lipinski definition) is 17. The van der Waals surface area contributed by atoms with Crippen LogP contribution in [-0.4, -0.2) is 85.1 Å². The fraction of sp³-hybridized carbons (Fsp3) is 0. The van der Waals surface area contributed by atoms with Crippen molar-refractivity contribution in [1.82, 2.24) is 0 Å². The van der Waals surface area contributed by atoms with Gasteiger partial charge in [-0.2, -0.15) is 43.9 Å². The molecule has 0 spiro atoms. The second-order valence-electron chi connectivity index (χ2n) is 11.9. The minimum absolute atomic E-state index is 0. The number of nitrogens with two attached hydrogens (primary N) is 1. The van der Waals surface area contributed by atoms with E-state index in [0.29, 0.717) is 23.3 Å². The number of phenolic OH excluding ortho intramolecular Hbond substituents is 2. The fourth-order valence-corrected chi connectivity index (χ4v) is 8.15. The summed E-state index contributed by atoms with van der Waals surface area (Å²) in [5, 5.41) is 29.2. The van der Waals surface area contributed by atoms with Crippen molar-refractivity contribution in [1.29, 1.82) is 0 Å². The second kappa shape index (κ2) is 23.1. The van der Waals surface area contributed by atoms with Gasteiger partial charge >= 0.3 is 118 Å². The summed E-state index contributed by atoms with van der Waals surface area (Å²) >= 11 is 0. The van der Waals surface area contributed by atoms with Crippen molar-refractivity contribution in [3.63, 3.8) is 0 Å². The second-order valence-corrected chi connectivity index (χ2v) is 17.5. The standard InChI is InChI=1S/C32H23N5O16S4.2Cu.4Na/c33-29-26(56(48,49)50)13-25(55(45,46)47)19-5-8-22(31(40)28(19)29)36-34-20-6-1-14(10-23(20)38)15-2-7-21(24(39)11-15)35-37-30-18-4-3-17(54(42,43)44)9-16(18)12-27(32(30)41)57(51,52)53;;;;;;/h1-13,34-35,38-39H,33H2,(H,42,43,44)(H,45,46,47)(H,48,49,50)(H,51,52,53);;;;;;/q;;;4*+1/b36-22+,37-30?;;;;;;. The molecule has 0 saturated heterocycles. The van der Waals surface area contributed by atoms with Crippen LogP contribution in [0.5, 0.6) is 11.5 Å². The molecule has 4 aromatic rings. The van der Waals surface area contributed by atoms with E-state index in [2.05, 4.69) is 21.1 Å². The average molecular weight is 1080 g/mol. The fourth-order valence-electron chi connectivity index (χ4n) is 5.59. The van der Waals surface area contributed by atoms with Gasteiger partial charge in [0.1, 0.15) is 37.6 Å². The number of hydrazone groups is 2. The smallest absolute Gasteiger partial charge is 0.506 e. The van der Waals surface area contributed by atoms with E-state index < -0.39 is 111 Å². The number of ketones is 2. The molecule has 0 amide bonds. The molecule has 2 radical (unpaired) electrons. The van der Waals surface area contributed by atoms with Crippen molar-refractivity contribution in [2.45, 2.75) is 14.7 Å². The zero-order valence-electron chi connectivity index (χ0n) is 32.5. The Hall–Kier alpha value is -1.28. The number of aromatic hydroxyl groups is 2. The summed E-state index contributed by atoms with van der Waals surface area (Å²) in [5.74, 6) is -3.32. The first-order valence-corrected chi connectivity index (χ1v) is 21.0. The molecule has 10 N–H and O–H groups in total. The molecule has 2 aliphatic carbocycles. The molecule has 0 aromatic heterocycles. The van der Waals surface area contributed by atoms with Gasteiger partial charge in [-0.1, -0.05) is 24.3 Å². The minimum Gasteiger partial charge on any atom is -0.506 e. The average Bonchev–Trinajstić information content (AvgIpc) is 3.09. The van der Waals surface area contributed by atoms with Gasteiger partial charge in [0.25, 0.3) is 40.5 Å². The summed E-state index contributed by atoms with van der Waals surface area (Å²) < 4.78 is 133. The Kier molecular flexibility index (Phi) is 22.7. The molecule has 2 aliphatic rings. The van der Waals surface area contributed by atoms with Gasteiger partial charge in [0, 0.05) is 45.3 Å². The molecule has 0 unspecified atom stereocenters. The van der Waals surface area contributed by atoms with Crippen LogP contribution in [0, 0.1) is 0 Å². The number of allylic oxidation sites excluding steroid dienone is 2. The first-order valence-electron chi connectivity index (χ1n) is 15.2. The van der Waals surface area contributed by atoms with Crippen molar-refractivity contribution < 1.29 is 224 Å². The van der Waals surface area contributed by atoms with Crippen LogP contribution in [-0.2, 0) is 79.4 Å². The number of nitrogens with one attached hydrogen (secondary N) is 2. The summed E-state index contributed by atoms with van der Waals surface area (Å²) in [7, 11) is -20.2. The molecule has 0 saturated carbocycles. The number of carbonyl (C=O) groups excluding carboxylic acids is 2. The van der Waals surface area contributed by atoms with Crippen LogP contribution in [0.4, 0.5) is 17.1 Å². The predicted molar refractivity (Wildman–Crippen MR) is 201 cm³/mol. The van der Waals surface area contributed by atoms with Crippen LogP contribution < -0.4 is 135 Å². The number of nitrogens with zero attached hydrogens (tertiary/aromatic N) is 2. The first kappa shape index (κ1) is 61.7. The molecular formula is C32H23Cu2N5Na4O16S4+4. The SMILES string of the molecule is Nc1c(S(=O)(=O)O)cc(S(=O)(=O)O)c2c1C(=O)/C(=N/Nc1ccc(-c3ccc(NN=C4C(=O)C(S(=O)(=O)O)=Cc5cc(S(=O)(=O)O)ccc54)c(O)c3)cc1O)C=C2.[Cu].[Cu].[Na+].[Na+].[Na+].[Na+]. The van der Waals surface area contributed by atoms with E-state index in [9.17, 15) is 71.7 Å². The number of phenols is 2. The molecule has 0 atom stereocenters. The van der Waals surface area contributed by atoms with E-state index in [1.807, 2.05) is 0 Å². The van der Waals surface area contributed by atoms with E-state index in [1.54, 1.807) is 0 Å². The summed E-state index contributed by atoms with van der Waals surface area (Å²) in [4.78, 5) is 22.3. The van der Waals surface area contributed by atoms with Crippen LogP contribution in [0.3, 0.4) is 0 Å². The molecular weight excluding hydrogens is 1060 g/mol. The van der Waals surface area contributed by atoms with Gasteiger partial charge in [-0.25, -0.2) is 0 Å². The van der Waals surface area contributed by atoms with Gasteiger partial charge in [0.2, 0.25) is 11.6 Å². The molecule has 31 heteroatoms. The van der Waals surface area contributed by atoms with E-state index in [-0.39, 0.29) is 175 Å². The Labute approximate surface area is 468 Å². The maximum Gasteiger partial charge on any atom is 1.00 e.